The first-order valence-corrected chi connectivity index (χ1v) is 10.6. The van der Waals surface area contributed by atoms with Crippen LogP contribution in [0.5, 0.6) is 5.75 Å². The fraction of sp³-hybridized carbons (Fsp3) is 0.652. The predicted octanol–water partition coefficient (Wildman–Crippen LogP) is 7.59. The van der Waals surface area contributed by atoms with Crippen molar-refractivity contribution in [2.45, 2.75) is 70.6 Å². The van der Waals surface area contributed by atoms with Crippen LogP contribution in [-0.2, 0) is 6.42 Å². The predicted molar refractivity (Wildman–Crippen MR) is 102 cm³/mol. The summed E-state index contributed by atoms with van der Waals surface area (Å²) < 4.78 is 67.8. The lowest BCUT2D eigenvalue weighted by atomic mass is 9.68. The number of hydrogen-bond acceptors (Lipinski definition) is 1. The second-order valence-electron chi connectivity index (χ2n) is 8.67. The van der Waals surface area contributed by atoms with Crippen molar-refractivity contribution in [3.05, 3.63) is 42.0 Å². The third-order valence-corrected chi connectivity index (χ3v) is 6.83. The second kappa shape index (κ2) is 9.48. The maximum Gasteiger partial charge on any atom is 0.573 e. The monoisotopic (exact) mass is 416 g/mol. The van der Waals surface area contributed by atoms with Crippen molar-refractivity contribution in [3.8, 4) is 5.75 Å². The summed E-state index contributed by atoms with van der Waals surface area (Å²) >= 11 is 0. The van der Waals surface area contributed by atoms with Gasteiger partial charge in [0.1, 0.15) is 0 Å². The van der Waals surface area contributed by atoms with Crippen molar-refractivity contribution in [3.63, 3.8) is 0 Å². The molecule has 29 heavy (non-hydrogen) atoms. The highest BCUT2D eigenvalue weighted by Crippen LogP contribution is 2.42. The van der Waals surface area contributed by atoms with Crippen LogP contribution < -0.4 is 4.74 Å². The summed E-state index contributed by atoms with van der Waals surface area (Å²) in [6.45, 7) is 3.90. The maximum absolute atomic E-state index is 13.8. The summed E-state index contributed by atoms with van der Waals surface area (Å²) in [6, 6.07) is 1.90. The van der Waals surface area contributed by atoms with Crippen LogP contribution in [0, 0.1) is 35.3 Å². The highest BCUT2D eigenvalue weighted by atomic mass is 19.4. The van der Waals surface area contributed by atoms with Gasteiger partial charge in [0.15, 0.2) is 11.6 Å². The summed E-state index contributed by atoms with van der Waals surface area (Å²) in [6.07, 6.45) is 7.94. The molecule has 1 nitrogen and oxygen atoms in total. The van der Waals surface area contributed by atoms with E-state index in [1.165, 1.54) is 38.5 Å². The van der Waals surface area contributed by atoms with Crippen LogP contribution in [0.2, 0.25) is 0 Å². The Morgan fingerprint density at radius 1 is 0.897 bits per heavy atom. The van der Waals surface area contributed by atoms with Crippen LogP contribution in [0.25, 0.3) is 0 Å². The summed E-state index contributed by atoms with van der Waals surface area (Å²) in [5, 5.41) is 0. The molecule has 6 heteroatoms. The first-order valence-electron chi connectivity index (χ1n) is 10.6. The molecule has 1 aromatic rings. The molecule has 0 amide bonds. The molecule has 2 fully saturated rings. The molecule has 0 heterocycles. The van der Waals surface area contributed by atoms with Crippen molar-refractivity contribution in [2.75, 3.05) is 0 Å². The standard InChI is InChI=1S/C23H29F5O/c1-2-15-5-9-18(10-6-15)19-11-7-16(8-12-19)3-4-17-13-20(24)22(21(25)14-17)29-23(26,27)28/h2,13-16,18-19H,1,3-12H2/t15-,16-,18-,19-. The first kappa shape index (κ1) is 22.1. The lowest BCUT2D eigenvalue weighted by Crippen LogP contribution is -2.25. The summed E-state index contributed by atoms with van der Waals surface area (Å²) in [4.78, 5) is 0. The molecule has 0 aromatic heterocycles. The van der Waals surface area contributed by atoms with E-state index in [0.29, 0.717) is 23.8 Å². The van der Waals surface area contributed by atoms with E-state index in [1.54, 1.807) is 0 Å². The quantitative estimate of drug-likeness (QED) is 0.343. The normalized spacial score (nSPS) is 28.2. The zero-order valence-corrected chi connectivity index (χ0v) is 16.6. The van der Waals surface area contributed by atoms with Crippen LogP contribution in [0.1, 0.15) is 63.4 Å². The molecule has 162 valence electrons. The van der Waals surface area contributed by atoms with Gasteiger partial charge in [-0.3, -0.25) is 0 Å². The summed E-state index contributed by atoms with van der Waals surface area (Å²) in [5.74, 6) is -1.22. The smallest absolute Gasteiger partial charge is 0.399 e. The number of ether oxygens (including phenoxy) is 1. The van der Waals surface area contributed by atoms with Crippen molar-refractivity contribution >= 4 is 0 Å². The minimum Gasteiger partial charge on any atom is -0.399 e. The minimum atomic E-state index is -5.12. The first-order chi connectivity index (χ1) is 13.7. The molecule has 2 aliphatic carbocycles. The average molecular weight is 416 g/mol. The number of aryl methyl sites for hydroxylation is 1. The van der Waals surface area contributed by atoms with E-state index >= 15 is 0 Å². The van der Waals surface area contributed by atoms with Gasteiger partial charge in [0.25, 0.3) is 0 Å². The number of alkyl halides is 3. The number of allylic oxidation sites excluding steroid dienone is 1. The van der Waals surface area contributed by atoms with Crippen molar-refractivity contribution < 1.29 is 26.7 Å². The molecule has 0 atom stereocenters. The minimum absolute atomic E-state index is 0.374. The fourth-order valence-corrected chi connectivity index (χ4v) is 5.14. The van der Waals surface area contributed by atoms with Gasteiger partial charge in [-0.15, -0.1) is 19.8 Å². The van der Waals surface area contributed by atoms with Gasteiger partial charge in [0, 0.05) is 0 Å². The van der Waals surface area contributed by atoms with Gasteiger partial charge in [0.2, 0.25) is 5.75 Å². The Kier molecular flexibility index (Phi) is 7.23. The molecule has 0 saturated heterocycles. The highest BCUT2D eigenvalue weighted by molar-refractivity contribution is 5.31. The molecule has 0 bridgehead atoms. The Labute approximate surface area is 169 Å². The van der Waals surface area contributed by atoms with Crippen LogP contribution >= 0.6 is 0 Å². The van der Waals surface area contributed by atoms with Crippen LogP contribution in [0.15, 0.2) is 24.8 Å². The second-order valence-corrected chi connectivity index (χ2v) is 8.67. The lowest BCUT2D eigenvalue weighted by Gasteiger charge is -2.37. The number of rotatable bonds is 6. The van der Waals surface area contributed by atoms with Gasteiger partial charge in [-0.25, -0.2) is 8.78 Å². The van der Waals surface area contributed by atoms with Gasteiger partial charge in [0.05, 0.1) is 0 Å². The Balaban J connectivity index is 1.46. The SMILES string of the molecule is C=C[C@H]1CC[C@H]([C@H]2CC[C@H](CCc3cc(F)c(OC(F)(F)F)c(F)c3)CC2)CC1. The topological polar surface area (TPSA) is 9.23 Å². The molecule has 0 radical (unpaired) electrons. The van der Waals surface area contributed by atoms with E-state index in [4.69, 9.17) is 0 Å². The molecule has 0 spiro atoms. The van der Waals surface area contributed by atoms with Crippen molar-refractivity contribution in [2.24, 2.45) is 23.7 Å². The molecular weight excluding hydrogens is 387 g/mol. The van der Waals surface area contributed by atoms with Crippen molar-refractivity contribution in [1.82, 2.24) is 0 Å². The van der Waals surface area contributed by atoms with E-state index in [1.807, 2.05) is 0 Å². The van der Waals surface area contributed by atoms with E-state index in [2.05, 4.69) is 17.4 Å². The van der Waals surface area contributed by atoms with Gasteiger partial charge < -0.3 is 4.74 Å². The largest absolute Gasteiger partial charge is 0.573 e. The lowest BCUT2D eigenvalue weighted by molar-refractivity contribution is -0.276. The Morgan fingerprint density at radius 2 is 1.41 bits per heavy atom. The molecule has 0 N–H and O–H groups in total. The number of halogens is 5. The van der Waals surface area contributed by atoms with Crippen LogP contribution in [-0.4, -0.2) is 6.36 Å². The summed E-state index contributed by atoms with van der Waals surface area (Å²) in [5.41, 5.74) is 0.374. The van der Waals surface area contributed by atoms with Crippen LogP contribution in [0.4, 0.5) is 22.0 Å². The van der Waals surface area contributed by atoms with E-state index in [0.717, 1.165) is 43.2 Å². The van der Waals surface area contributed by atoms with Gasteiger partial charge in [-0.1, -0.05) is 18.9 Å². The number of benzene rings is 1. The molecule has 0 aliphatic heterocycles. The van der Waals surface area contributed by atoms with E-state index in [9.17, 15) is 22.0 Å². The summed E-state index contributed by atoms with van der Waals surface area (Å²) in [7, 11) is 0. The van der Waals surface area contributed by atoms with Gasteiger partial charge >= 0.3 is 6.36 Å². The third-order valence-electron chi connectivity index (χ3n) is 6.83. The molecule has 3 rings (SSSR count). The molecule has 0 unspecified atom stereocenters. The average Bonchev–Trinajstić information content (AvgIpc) is 2.69. The highest BCUT2D eigenvalue weighted by Gasteiger charge is 2.34. The third kappa shape index (κ3) is 6.19. The Morgan fingerprint density at radius 3 is 1.90 bits per heavy atom. The Bertz CT molecular complexity index is 660. The van der Waals surface area contributed by atoms with E-state index < -0.39 is 23.7 Å². The Hall–Kier alpha value is -1.59. The van der Waals surface area contributed by atoms with Crippen LogP contribution in [0.3, 0.4) is 0 Å². The molecule has 2 saturated carbocycles. The fourth-order valence-electron chi connectivity index (χ4n) is 5.14. The zero-order chi connectivity index (χ0) is 21.0. The van der Waals surface area contributed by atoms with Gasteiger partial charge in [-0.2, -0.15) is 0 Å². The molecular formula is C23H29F5O. The molecule has 2 aliphatic rings. The number of hydrogen-bond donors (Lipinski definition) is 0. The molecule has 1 aromatic carbocycles. The van der Waals surface area contributed by atoms with Crippen molar-refractivity contribution in [1.29, 1.82) is 0 Å². The zero-order valence-electron chi connectivity index (χ0n) is 16.6. The van der Waals surface area contributed by atoms with Gasteiger partial charge in [-0.05, 0) is 92.7 Å². The maximum atomic E-state index is 13.8. The van der Waals surface area contributed by atoms with E-state index in [-0.39, 0.29) is 0 Å².